The molecule has 156 valence electrons. The Kier molecular flexibility index (Phi) is 9.27. The highest BCUT2D eigenvalue weighted by molar-refractivity contribution is 5.96. The molecule has 0 spiro atoms. The highest BCUT2D eigenvalue weighted by Crippen LogP contribution is 2.26. The van der Waals surface area contributed by atoms with Gasteiger partial charge >= 0.3 is 12.1 Å². The molecule has 1 unspecified atom stereocenters. The van der Waals surface area contributed by atoms with E-state index in [1.807, 2.05) is 13.8 Å². The van der Waals surface area contributed by atoms with E-state index < -0.39 is 23.6 Å². The molecule has 0 saturated carbocycles. The molecule has 1 aliphatic heterocycles. The summed E-state index contributed by atoms with van der Waals surface area (Å²) in [6.45, 7) is 11.7. The fourth-order valence-electron chi connectivity index (χ4n) is 3.27. The summed E-state index contributed by atoms with van der Waals surface area (Å²) in [5, 5.41) is 0. The number of unbranched alkanes of at least 4 members (excludes halogenated alkanes) is 4. The van der Waals surface area contributed by atoms with Crippen molar-refractivity contribution >= 4 is 18.0 Å². The maximum Gasteiger partial charge on any atom is 0.416 e. The zero-order chi connectivity index (χ0) is 20.6. The van der Waals surface area contributed by atoms with E-state index >= 15 is 0 Å². The van der Waals surface area contributed by atoms with E-state index in [1.165, 1.54) is 11.3 Å². The van der Waals surface area contributed by atoms with E-state index in [4.69, 9.17) is 9.47 Å². The maximum atomic E-state index is 13.1. The van der Waals surface area contributed by atoms with Crippen LogP contribution >= 0.6 is 0 Å². The third-order valence-corrected chi connectivity index (χ3v) is 4.75. The second-order valence-electron chi connectivity index (χ2n) is 8.79. The number of carbonyl (C=O) groups is 3. The lowest BCUT2D eigenvalue weighted by atomic mass is 9.94. The highest BCUT2D eigenvalue weighted by Gasteiger charge is 2.42. The first-order valence-corrected chi connectivity index (χ1v) is 10.3. The standard InChI is InChI=1S/C21H37NO5/c1-7-8-9-10-11-12-16(13-18(23)27-21(4,5)6)19(24)22-17(15(2)3)14-26-20(22)25/h15-17H,7-14H2,1-6H3/t16-,17?/m1/s1. The monoisotopic (exact) mass is 383 g/mol. The molecule has 0 aromatic carbocycles. The van der Waals surface area contributed by atoms with Crippen LogP contribution < -0.4 is 0 Å². The average molecular weight is 384 g/mol. The van der Waals surface area contributed by atoms with Gasteiger partial charge in [0.15, 0.2) is 0 Å². The summed E-state index contributed by atoms with van der Waals surface area (Å²) in [5.74, 6) is -1.15. The number of imide groups is 1. The number of carbonyl (C=O) groups excluding carboxylic acids is 3. The molecule has 0 bridgehead atoms. The predicted molar refractivity (Wildman–Crippen MR) is 104 cm³/mol. The molecule has 1 rings (SSSR count). The van der Waals surface area contributed by atoms with Crippen molar-refractivity contribution in [1.82, 2.24) is 4.90 Å². The van der Waals surface area contributed by atoms with Crippen molar-refractivity contribution in [2.45, 2.75) is 98.1 Å². The largest absolute Gasteiger partial charge is 0.460 e. The van der Waals surface area contributed by atoms with Crippen LogP contribution in [-0.2, 0) is 19.1 Å². The molecule has 1 aliphatic rings. The van der Waals surface area contributed by atoms with Crippen LogP contribution in [0.25, 0.3) is 0 Å². The van der Waals surface area contributed by atoms with Crippen LogP contribution in [0, 0.1) is 11.8 Å². The topological polar surface area (TPSA) is 72.9 Å². The highest BCUT2D eigenvalue weighted by atomic mass is 16.6. The van der Waals surface area contributed by atoms with Crippen LogP contribution in [0.15, 0.2) is 0 Å². The van der Waals surface area contributed by atoms with Gasteiger partial charge in [-0.05, 0) is 33.1 Å². The number of hydrogen-bond acceptors (Lipinski definition) is 5. The van der Waals surface area contributed by atoms with Gasteiger partial charge in [0.1, 0.15) is 12.2 Å². The van der Waals surface area contributed by atoms with Crippen molar-refractivity contribution in [3.8, 4) is 0 Å². The van der Waals surface area contributed by atoms with E-state index in [9.17, 15) is 14.4 Å². The Balaban J connectivity index is 2.82. The molecular weight excluding hydrogens is 346 g/mol. The summed E-state index contributed by atoms with van der Waals surface area (Å²) in [6.07, 6.45) is 5.28. The Hall–Kier alpha value is -1.59. The molecule has 27 heavy (non-hydrogen) atoms. The number of nitrogens with zero attached hydrogens (tertiary/aromatic N) is 1. The average Bonchev–Trinajstić information content (AvgIpc) is 2.93. The maximum absolute atomic E-state index is 13.1. The van der Waals surface area contributed by atoms with E-state index in [0.717, 1.165) is 25.7 Å². The number of ether oxygens (including phenoxy) is 2. The van der Waals surface area contributed by atoms with Crippen LogP contribution in [0.2, 0.25) is 0 Å². The van der Waals surface area contributed by atoms with Crippen molar-refractivity contribution in [1.29, 1.82) is 0 Å². The number of esters is 1. The summed E-state index contributed by atoms with van der Waals surface area (Å²) in [6, 6.07) is -0.272. The number of rotatable bonds is 10. The van der Waals surface area contributed by atoms with Gasteiger partial charge in [-0.25, -0.2) is 9.69 Å². The quantitative estimate of drug-likeness (QED) is 0.404. The van der Waals surface area contributed by atoms with Crippen molar-refractivity contribution < 1.29 is 23.9 Å². The lowest BCUT2D eigenvalue weighted by Gasteiger charge is -2.27. The zero-order valence-electron chi connectivity index (χ0n) is 17.9. The smallest absolute Gasteiger partial charge is 0.416 e. The van der Waals surface area contributed by atoms with Crippen LogP contribution in [-0.4, -0.2) is 41.1 Å². The third kappa shape index (κ3) is 7.89. The first-order valence-electron chi connectivity index (χ1n) is 10.3. The van der Waals surface area contributed by atoms with Crippen molar-refractivity contribution in [2.75, 3.05) is 6.61 Å². The molecular formula is C21H37NO5. The minimum atomic E-state index is -0.598. The first-order chi connectivity index (χ1) is 12.6. The fourth-order valence-corrected chi connectivity index (χ4v) is 3.27. The lowest BCUT2D eigenvalue weighted by molar-refractivity contribution is -0.158. The van der Waals surface area contributed by atoms with Gasteiger partial charge in [-0.15, -0.1) is 0 Å². The molecule has 0 aliphatic carbocycles. The number of hydrogen-bond donors (Lipinski definition) is 0. The van der Waals surface area contributed by atoms with Crippen LogP contribution in [0.1, 0.15) is 86.5 Å². The van der Waals surface area contributed by atoms with Crippen molar-refractivity contribution in [3.05, 3.63) is 0 Å². The minimum Gasteiger partial charge on any atom is -0.460 e. The molecule has 0 aromatic rings. The molecule has 6 heteroatoms. The Labute approximate surface area is 164 Å². The minimum absolute atomic E-state index is 0.00151. The van der Waals surface area contributed by atoms with Gasteiger partial charge in [-0.3, -0.25) is 9.59 Å². The molecule has 0 radical (unpaired) electrons. The summed E-state index contributed by atoms with van der Waals surface area (Å²) >= 11 is 0. The molecule has 1 fully saturated rings. The van der Waals surface area contributed by atoms with Crippen LogP contribution in [0.5, 0.6) is 0 Å². The molecule has 0 aromatic heterocycles. The van der Waals surface area contributed by atoms with Gasteiger partial charge in [0, 0.05) is 5.92 Å². The van der Waals surface area contributed by atoms with E-state index in [-0.39, 0.29) is 30.9 Å². The van der Waals surface area contributed by atoms with Gasteiger partial charge in [0.25, 0.3) is 0 Å². The zero-order valence-corrected chi connectivity index (χ0v) is 17.9. The van der Waals surface area contributed by atoms with Crippen LogP contribution in [0.3, 0.4) is 0 Å². The van der Waals surface area contributed by atoms with Crippen molar-refractivity contribution in [3.63, 3.8) is 0 Å². The van der Waals surface area contributed by atoms with Gasteiger partial charge < -0.3 is 9.47 Å². The van der Waals surface area contributed by atoms with Gasteiger partial charge in [-0.1, -0.05) is 52.9 Å². The Bertz CT molecular complexity index is 509. The summed E-state index contributed by atoms with van der Waals surface area (Å²) in [4.78, 5) is 38.8. The fraction of sp³-hybridized carbons (Fsp3) is 0.857. The van der Waals surface area contributed by atoms with E-state index in [0.29, 0.717) is 6.42 Å². The van der Waals surface area contributed by atoms with Crippen LogP contribution in [0.4, 0.5) is 4.79 Å². The van der Waals surface area contributed by atoms with E-state index in [2.05, 4.69) is 6.92 Å². The summed E-state index contributed by atoms with van der Waals surface area (Å²) in [7, 11) is 0. The van der Waals surface area contributed by atoms with Gasteiger partial charge in [0.05, 0.1) is 12.5 Å². The van der Waals surface area contributed by atoms with E-state index in [1.54, 1.807) is 20.8 Å². The molecule has 2 amide bonds. The second kappa shape index (κ2) is 10.7. The first kappa shape index (κ1) is 23.4. The molecule has 1 heterocycles. The lowest BCUT2D eigenvalue weighted by Crippen LogP contribution is -2.45. The Morgan fingerprint density at radius 3 is 2.37 bits per heavy atom. The summed E-state index contributed by atoms with van der Waals surface area (Å²) < 4.78 is 10.5. The third-order valence-electron chi connectivity index (χ3n) is 4.75. The second-order valence-corrected chi connectivity index (χ2v) is 8.79. The Morgan fingerprint density at radius 2 is 1.81 bits per heavy atom. The Morgan fingerprint density at radius 1 is 1.19 bits per heavy atom. The number of cyclic esters (lactones) is 1. The summed E-state index contributed by atoms with van der Waals surface area (Å²) in [5.41, 5.74) is -0.598. The molecule has 6 nitrogen and oxygen atoms in total. The molecule has 2 atom stereocenters. The predicted octanol–water partition coefficient (Wildman–Crippen LogP) is 4.70. The molecule has 1 saturated heterocycles. The number of amides is 2. The van der Waals surface area contributed by atoms with Gasteiger partial charge in [0.2, 0.25) is 5.91 Å². The SMILES string of the molecule is CCCCCCC[C@H](CC(=O)OC(C)(C)C)C(=O)N1C(=O)OCC1C(C)C. The van der Waals surface area contributed by atoms with Crippen molar-refractivity contribution in [2.24, 2.45) is 11.8 Å². The van der Waals surface area contributed by atoms with Gasteiger partial charge in [-0.2, -0.15) is 0 Å². The molecule has 0 N–H and O–H groups in total. The normalized spacial score (nSPS) is 18.6.